The Kier molecular flexibility index (Phi) is 7.12. The van der Waals surface area contributed by atoms with Gasteiger partial charge in [0, 0.05) is 6.08 Å². The lowest BCUT2D eigenvalue weighted by molar-refractivity contribution is -0.638. The number of β-lactam (4-membered cyclic amide) rings is 1. The number of hydrogen-bond donors (Lipinski definition) is 1. The Morgan fingerprint density at radius 1 is 1.39 bits per heavy atom. The smallest absolute Gasteiger partial charge is 0.463 e. The molecule has 1 saturated heterocycles. The maximum atomic E-state index is 12.3. The van der Waals surface area contributed by atoms with Crippen LogP contribution in [0.15, 0.2) is 41.8 Å². The zero-order valence-electron chi connectivity index (χ0n) is 14.8. The predicted octanol–water partition coefficient (Wildman–Crippen LogP) is 1.02. The number of amides is 1. The van der Waals surface area contributed by atoms with Crippen molar-refractivity contribution in [3.8, 4) is 0 Å². The van der Waals surface area contributed by atoms with E-state index < -0.39 is 34.0 Å². The Morgan fingerprint density at radius 2 is 2.07 bits per heavy atom. The molecule has 1 aliphatic rings. The fourth-order valence-electron chi connectivity index (χ4n) is 2.33. The Morgan fingerprint density at radius 3 is 2.64 bits per heavy atom. The van der Waals surface area contributed by atoms with Crippen molar-refractivity contribution in [3.63, 3.8) is 0 Å². The van der Waals surface area contributed by atoms with Crippen molar-refractivity contribution in [3.05, 3.63) is 57.5 Å². The monoisotopic (exact) mass is 410 g/mol. The molecule has 10 nitrogen and oxygen atoms in total. The molecule has 2 rings (SSSR count). The summed E-state index contributed by atoms with van der Waals surface area (Å²) in [6, 6.07) is 8.37. The van der Waals surface area contributed by atoms with Gasteiger partial charge in [-0.3, -0.25) is 14.9 Å². The molecule has 1 aromatic rings. The van der Waals surface area contributed by atoms with Gasteiger partial charge in [-0.15, -0.1) is 11.8 Å². The van der Waals surface area contributed by atoms with Gasteiger partial charge >= 0.3 is 17.8 Å². The molecule has 2 atom stereocenters. The van der Waals surface area contributed by atoms with Crippen LogP contribution in [0.4, 0.5) is 0 Å². The summed E-state index contributed by atoms with van der Waals surface area (Å²) in [6.07, 6.45) is 0.925. The molecule has 0 bridgehead atoms. The molecule has 0 radical (unpaired) electrons. The molecule has 0 aromatic heterocycles. The Hall–Kier alpha value is -2.92. The molecular weight excluding hydrogens is 392 g/mol. The van der Waals surface area contributed by atoms with E-state index in [2.05, 4.69) is 4.74 Å². The maximum Gasteiger partial charge on any atom is 0.509 e. The first-order chi connectivity index (χ1) is 13.3. The van der Waals surface area contributed by atoms with Crippen molar-refractivity contribution in [1.29, 1.82) is 0 Å². The predicted molar refractivity (Wildman–Crippen MR) is 96.8 cm³/mol. The lowest BCUT2D eigenvalue weighted by Gasteiger charge is -2.42. The number of carbonyl (C=O) groups is 3. The van der Waals surface area contributed by atoms with E-state index >= 15 is 0 Å². The van der Waals surface area contributed by atoms with E-state index in [1.54, 1.807) is 37.3 Å². The minimum Gasteiger partial charge on any atom is -0.463 e. The van der Waals surface area contributed by atoms with Crippen molar-refractivity contribution in [2.75, 3.05) is 6.61 Å². The number of nitrogens with zero attached hydrogens (tertiary/aromatic N) is 2. The highest BCUT2D eigenvalue weighted by atomic mass is 32.2. The van der Waals surface area contributed by atoms with E-state index in [0.717, 1.165) is 17.8 Å². The van der Waals surface area contributed by atoms with Crippen LogP contribution in [0.1, 0.15) is 18.9 Å². The highest BCUT2D eigenvalue weighted by Crippen LogP contribution is 2.36. The summed E-state index contributed by atoms with van der Waals surface area (Å²) in [4.78, 5) is 46.0. The second kappa shape index (κ2) is 9.33. The molecule has 28 heavy (non-hydrogen) atoms. The van der Waals surface area contributed by atoms with Gasteiger partial charge < -0.3 is 14.6 Å². The summed E-state index contributed by atoms with van der Waals surface area (Å²) < 4.78 is 9.55. The number of aliphatic hydroxyl groups is 1. The molecule has 1 aromatic carbocycles. The van der Waals surface area contributed by atoms with Crippen molar-refractivity contribution in [1.82, 2.24) is 4.90 Å². The molecule has 150 valence electrons. The number of rotatable bonds is 9. The van der Waals surface area contributed by atoms with E-state index in [1.165, 1.54) is 5.41 Å². The number of carbonyl (C=O) groups excluding carboxylic acids is 3. The SMILES string of the molecule is CCOC(=O)C=CSC1CC(=O)N1C(O)(C(=O)OCc1ccccc1)[N+](=O)[O-]. The Labute approximate surface area is 164 Å². The van der Waals surface area contributed by atoms with E-state index in [9.17, 15) is 29.6 Å². The molecule has 1 heterocycles. The minimum absolute atomic E-state index is 0.153. The van der Waals surface area contributed by atoms with Gasteiger partial charge in [0.2, 0.25) is 5.91 Å². The third-order valence-electron chi connectivity index (χ3n) is 3.71. The summed E-state index contributed by atoms with van der Waals surface area (Å²) in [5.74, 6) is -6.36. The quantitative estimate of drug-likeness (QED) is 0.158. The van der Waals surface area contributed by atoms with Crippen LogP contribution in [0, 0.1) is 10.1 Å². The lowest BCUT2D eigenvalue weighted by Crippen LogP contribution is -2.70. The van der Waals surface area contributed by atoms with Gasteiger partial charge in [0.1, 0.15) is 12.0 Å². The van der Waals surface area contributed by atoms with Gasteiger partial charge in [-0.25, -0.2) is 14.5 Å². The fourth-order valence-corrected chi connectivity index (χ4v) is 3.32. The number of ether oxygens (including phenoxy) is 2. The van der Waals surface area contributed by atoms with Gasteiger partial charge in [0.05, 0.1) is 18.0 Å². The van der Waals surface area contributed by atoms with Crippen LogP contribution in [-0.4, -0.2) is 50.6 Å². The van der Waals surface area contributed by atoms with Gasteiger partial charge in [-0.1, -0.05) is 30.3 Å². The van der Waals surface area contributed by atoms with E-state index in [1.807, 2.05) is 0 Å². The molecule has 1 amide bonds. The summed E-state index contributed by atoms with van der Waals surface area (Å²) in [6.45, 7) is 1.50. The summed E-state index contributed by atoms with van der Waals surface area (Å²) in [5, 5.41) is 22.2. The first-order valence-corrected chi connectivity index (χ1v) is 9.14. The number of hydrogen-bond acceptors (Lipinski definition) is 9. The van der Waals surface area contributed by atoms with Gasteiger partial charge in [-0.2, -0.15) is 0 Å². The molecule has 0 spiro atoms. The summed E-state index contributed by atoms with van der Waals surface area (Å²) in [7, 11) is 0. The van der Waals surface area contributed by atoms with Gasteiger partial charge in [0.15, 0.2) is 0 Å². The molecule has 0 aliphatic carbocycles. The second-order valence-corrected chi connectivity index (χ2v) is 6.66. The van der Waals surface area contributed by atoms with E-state index in [-0.39, 0.29) is 19.6 Å². The van der Waals surface area contributed by atoms with E-state index in [0.29, 0.717) is 10.5 Å². The van der Waals surface area contributed by atoms with Crippen molar-refractivity contribution < 1.29 is 33.9 Å². The van der Waals surface area contributed by atoms with Crippen LogP contribution in [0.3, 0.4) is 0 Å². The zero-order chi connectivity index (χ0) is 20.7. The largest absolute Gasteiger partial charge is 0.509 e. The number of thioether (sulfide) groups is 1. The van der Waals surface area contributed by atoms with Gasteiger partial charge in [-0.05, 0) is 17.9 Å². The third-order valence-corrected chi connectivity index (χ3v) is 4.69. The number of benzene rings is 1. The molecular formula is C17H18N2O8S. The van der Waals surface area contributed by atoms with Crippen LogP contribution < -0.4 is 0 Å². The number of nitro groups is 1. The normalized spacial score (nSPS) is 18.3. The fraction of sp³-hybridized carbons (Fsp3) is 0.353. The molecule has 1 aliphatic heterocycles. The molecule has 11 heteroatoms. The van der Waals surface area contributed by atoms with Crippen LogP contribution in [0.25, 0.3) is 0 Å². The van der Waals surface area contributed by atoms with Crippen molar-refractivity contribution >= 4 is 29.6 Å². The first-order valence-electron chi connectivity index (χ1n) is 8.19. The Bertz CT molecular complexity index is 785. The average Bonchev–Trinajstić information content (AvgIpc) is 2.65. The molecule has 1 N–H and O–H groups in total. The topological polar surface area (TPSA) is 136 Å². The second-order valence-electron chi connectivity index (χ2n) is 5.57. The average molecular weight is 410 g/mol. The number of esters is 2. The minimum atomic E-state index is -3.36. The van der Waals surface area contributed by atoms with Crippen LogP contribution >= 0.6 is 11.8 Å². The summed E-state index contributed by atoms with van der Waals surface area (Å²) >= 11 is 0.857. The standard InChI is InChI=1S/C17H18N2O8S/c1-2-26-15(21)8-9-28-14-10-13(20)18(14)17(23,19(24)25)16(22)27-11-12-6-4-3-5-7-12/h3-9,14,23H,2,10-11H2,1H3. The highest BCUT2D eigenvalue weighted by Gasteiger charge is 2.65. The van der Waals surface area contributed by atoms with E-state index in [4.69, 9.17) is 4.74 Å². The first kappa shape index (κ1) is 21.4. The highest BCUT2D eigenvalue weighted by molar-refractivity contribution is 8.02. The zero-order valence-corrected chi connectivity index (χ0v) is 15.7. The van der Waals surface area contributed by atoms with Crippen LogP contribution in [-0.2, 0) is 30.5 Å². The maximum absolute atomic E-state index is 12.3. The lowest BCUT2D eigenvalue weighted by atomic mass is 10.1. The third kappa shape index (κ3) is 4.67. The van der Waals surface area contributed by atoms with Crippen molar-refractivity contribution in [2.24, 2.45) is 0 Å². The summed E-state index contributed by atoms with van der Waals surface area (Å²) in [5.41, 5.74) is 0.555. The number of likely N-dealkylation sites (tertiary alicyclic amines) is 1. The van der Waals surface area contributed by atoms with Crippen LogP contribution in [0.5, 0.6) is 0 Å². The molecule has 2 unspecified atom stereocenters. The Balaban J connectivity index is 2.08. The van der Waals surface area contributed by atoms with Crippen LogP contribution in [0.2, 0.25) is 0 Å². The molecule has 1 fully saturated rings. The van der Waals surface area contributed by atoms with Gasteiger partial charge in [0.25, 0.3) is 0 Å². The van der Waals surface area contributed by atoms with Crippen molar-refractivity contribution in [2.45, 2.75) is 31.2 Å². The molecule has 0 saturated carbocycles.